The molecule has 0 bridgehead atoms. The monoisotopic (exact) mass is 313 g/mol. The van der Waals surface area contributed by atoms with Gasteiger partial charge in [0.2, 0.25) is 0 Å². The third-order valence-electron chi connectivity index (χ3n) is 3.84. The van der Waals surface area contributed by atoms with E-state index < -0.39 is 10.0 Å². The van der Waals surface area contributed by atoms with Crippen LogP contribution in [0.2, 0.25) is 0 Å². The van der Waals surface area contributed by atoms with Crippen molar-refractivity contribution in [3.05, 3.63) is 23.9 Å². The summed E-state index contributed by atoms with van der Waals surface area (Å²) < 4.78 is 32.5. The van der Waals surface area contributed by atoms with E-state index in [4.69, 9.17) is 4.74 Å². The van der Waals surface area contributed by atoms with Crippen LogP contribution < -0.4 is 10.0 Å². The van der Waals surface area contributed by atoms with Gasteiger partial charge in [-0.15, -0.1) is 0 Å². The molecule has 0 unspecified atom stereocenters. The van der Waals surface area contributed by atoms with E-state index >= 15 is 0 Å². The minimum atomic E-state index is -3.55. The smallest absolute Gasteiger partial charge is 0.258 e. The summed E-state index contributed by atoms with van der Waals surface area (Å²) in [5.41, 5.74) is 0.907. The molecule has 0 atom stereocenters. The van der Waals surface area contributed by atoms with Gasteiger partial charge >= 0.3 is 0 Å². The van der Waals surface area contributed by atoms with Gasteiger partial charge in [0.1, 0.15) is 0 Å². The predicted octanol–water partition coefficient (Wildman–Crippen LogP) is 0.896. The second kappa shape index (κ2) is 6.83. The number of ether oxygens (including phenoxy) is 1. The van der Waals surface area contributed by atoms with E-state index in [-0.39, 0.29) is 10.4 Å². The maximum atomic E-state index is 12.3. The molecule has 2 heterocycles. The molecule has 1 aliphatic heterocycles. The molecule has 21 heavy (non-hydrogen) atoms. The standard InChI is InChI=1S/C14H23N3O3S/c1-14(5-7-20-8-6-14)11-17-21(18,19)13-4-3-12(9-15-2)10-16-13/h3-4,10,15,17H,5-9,11H2,1-2H3. The number of rotatable bonds is 6. The third kappa shape index (κ3) is 4.47. The lowest BCUT2D eigenvalue weighted by molar-refractivity contribution is 0.0264. The number of sulfonamides is 1. The zero-order valence-corrected chi connectivity index (χ0v) is 13.4. The van der Waals surface area contributed by atoms with E-state index in [2.05, 4.69) is 21.9 Å². The molecular weight excluding hydrogens is 290 g/mol. The number of nitrogens with one attached hydrogen (secondary N) is 2. The number of hydrogen-bond donors (Lipinski definition) is 2. The number of hydrogen-bond acceptors (Lipinski definition) is 5. The van der Waals surface area contributed by atoms with Crippen molar-refractivity contribution in [2.45, 2.75) is 31.3 Å². The zero-order chi connectivity index (χ0) is 15.3. The first-order chi connectivity index (χ1) is 9.95. The fourth-order valence-electron chi connectivity index (χ4n) is 2.26. The van der Waals surface area contributed by atoms with Crippen molar-refractivity contribution in [1.29, 1.82) is 0 Å². The highest BCUT2D eigenvalue weighted by Gasteiger charge is 2.29. The second-order valence-electron chi connectivity index (χ2n) is 5.78. The number of aromatic nitrogens is 1. The van der Waals surface area contributed by atoms with Gasteiger partial charge in [0, 0.05) is 32.5 Å². The Labute approximate surface area is 126 Å². The molecule has 118 valence electrons. The molecule has 0 radical (unpaired) electrons. The van der Waals surface area contributed by atoms with Gasteiger partial charge in [-0.1, -0.05) is 13.0 Å². The van der Waals surface area contributed by atoms with Crippen LogP contribution in [-0.4, -0.2) is 40.2 Å². The van der Waals surface area contributed by atoms with Crippen LogP contribution in [0, 0.1) is 5.41 Å². The molecule has 2 rings (SSSR count). The maximum Gasteiger partial charge on any atom is 0.258 e. The Kier molecular flexibility index (Phi) is 5.32. The lowest BCUT2D eigenvalue weighted by Gasteiger charge is -2.33. The molecule has 7 heteroatoms. The fraction of sp³-hybridized carbons (Fsp3) is 0.643. The maximum absolute atomic E-state index is 12.3. The first-order valence-corrected chi connectivity index (χ1v) is 8.60. The van der Waals surface area contributed by atoms with Crippen LogP contribution in [0.15, 0.2) is 23.4 Å². The van der Waals surface area contributed by atoms with Crippen molar-refractivity contribution < 1.29 is 13.2 Å². The van der Waals surface area contributed by atoms with Crippen molar-refractivity contribution in [3.63, 3.8) is 0 Å². The van der Waals surface area contributed by atoms with Crippen LogP contribution in [0.1, 0.15) is 25.3 Å². The van der Waals surface area contributed by atoms with Crippen molar-refractivity contribution in [2.24, 2.45) is 5.41 Å². The average Bonchev–Trinajstić information content (AvgIpc) is 2.47. The molecule has 0 aliphatic carbocycles. The molecule has 6 nitrogen and oxygen atoms in total. The lowest BCUT2D eigenvalue weighted by atomic mass is 9.83. The highest BCUT2D eigenvalue weighted by atomic mass is 32.2. The average molecular weight is 313 g/mol. The summed E-state index contributed by atoms with van der Waals surface area (Å²) in [6.07, 6.45) is 3.31. The Balaban J connectivity index is 2.00. The van der Waals surface area contributed by atoms with Gasteiger partial charge in [0.15, 0.2) is 5.03 Å². The summed E-state index contributed by atoms with van der Waals surface area (Å²) in [4.78, 5) is 4.04. The first-order valence-electron chi connectivity index (χ1n) is 7.12. The zero-order valence-electron chi connectivity index (χ0n) is 12.6. The molecule has 1 fully saturated rings. The summed E-state index contributed by atoms with van der Waals surface area (Å²) in [5, 5.41) is 3.07. The largest absolute Gasteiger partial charge is 0.381 e. The quantitative estimate of drug-likeness (QED) is 0.815. The van der Waals surface area contributed by atoms with Crippen LogP contribution in [0.3, 0.4) is 0 Å². The van der Waals surface area contributed by atoms with Gasteiger partial charge in [-0.2, -0.15) is 0 Å². The lowest BCUT2D eigenvalue weighted by Crippen LogP contribution is -2.39. The van der Waals surface area contributed by atoms with Gasteiger partial charge in [-0.25, -0.2) is 18.1 Å². The highest BCUT2D eigenvalue weighted by molar-refractivity contribution is 7.89. The minimum Gasteiger partial charge on any atom is -0.381 e. The summed E-state index contributed by atoms with van der Waals surface area (Å²) in [6.45, 7) is 4.54. The van der Waals surface area contributed by atoms with Gasteiger partial charge in [0.25, 0.3) is 10.0 Å². The van der Waals surface area contributed by atoms with Crippen LogP contribution in [-0.2, 0) is 21.3 Å². The fourth-order valence-corrected chi connectivity index (χ4v) is 3.39. The van der Waals surface area contributed by atoms with Crippen molar-refractivity contribution in [1.82, 2.24) is 15.0 Å². The molecule has 1 saturated heterocycles. The highest BCUT2D eigenvalue weighted by Crippen LogP contribution is 2.29. The first kappa shape index (κ1) is 16.4. The van der Waals surface area contributed by atoms with Gasteiger partial charge in [0.05, 0.1) is 0 Å². The van der Waals surface area contributed by atoms with Crippen molar-refractivity contribution in [2.75, 3.05) is 26.8 Å². The summed E-state index contributed by atoms with van der Waals surface area (Å²) in [5.74, 6) is 0. The van der Waals surface area contributed by atoms with Crippen molar-refractivity contribution in [3.8, 4) is 0 Å². The molecule has 2 N–H and O–H groups in total. The molecule has 1 aliphatic rings. The molecule has 0 saturated carbocycles. The Morgan fingerprint density at radius 1 is 1.33 bits per heavy atom. The topological polar surface area (TPSA) is 80.3 Å². The van der Waals surface area contributed by atoms with E-state index in [1.807, 2.05) is 7.05 Å². The minimum absolute atomic E-state index is 0.0443. The third-order valence-corrected chi connectivity index (χ3v) is 5.16. The number of nitrogens with zero attached hydrogens (tertiary/aromatic N) is 1. The van der Waals surface area contributed by atoms with E-state index in [0.717, 1.165) is 18.4 Å². The SMILES string of the molecule is CNCc1ccc(S(=O)(=O)NCC2(C)CCOCC2)nc1. The molecule has 0 spiro atoms. The summed E-state index contributed by atoms with van der Waals surface area (Å²) in [6, 6.07) is 3.32. The van der Waals surface area contributed by atoms with Crippen LogP contribution >= 0.6 is 0 Å². The van der Waals surface area contributed by atoms with E-state index in [9.17, 15) is 8.42 Å². The van der Waals surface area contributed by atoms with Gasteiger partial charge < -0.3 is 10.1 Å². The predicted molar refractivity (Wildman–Crippen MR) is 80.3 cm³/mol. The van der Waals surface area contributed by atoms with Crippen LogP contribution in [0.4, 0.5) is 0 Å². The molecule has 0 amide bonds. The van der Waals surface area contributed by atoms with Crippen LogP contribution in [0.25, 0.3) is 0 Å². The van der Waals surface area contributed by atoms with E-state index in [0.29, 0.717) is 26.3 Å². The Morgan fingerprint density at radius 2 is 2.05 bits per heavy atom. The molecular formula is C14H23N3O3S. The van der Waals surface area contributed by atoms with E-state index in [1.54, 1.807) is 18.3 Å². The van der Waals surface area contributed by atoms with Crippen molar-refractivity contribution >= 4 is 10.0 Å². The summed E-state index contributed by atoms with van der Waals surface area (Å²) in [7, 11) is -1.72. The molecule has 1 aromatic rings. The Morgan fingerprint density at radius 3 is 2.62 bits per heavy atom. The van der Waals surface area contributed by atoms with E-state index in [1.165, 1.54) is 0 Å². The normalized spacial score (nSPS) is 18.6. The summed E-state index contributed by atoms with van der Waals surface area (Å²) >= 11 is 0. The number of pyridine rings is 1. The van der Waals surface area contributed by atoms with Crippen LogP contribution in [0.5, 0.6) is 0 Å². The van der Waals surface area contributed by atoms with Gasteiger partial charge in [-0.05, 0) is 36.9 Å². The van der Waals surface area contributed by atoms with Gasteiger partial charge in [-0.3, -0.25) is 0 Å². The Bertz CT molecular complexity index is 551. The second-order valence-corrected chi connectivity index (χ2v) is 7.50. The molecule has 0 aromatic carbocycles. The Hall–Kier alpha value is -1.02. The molecule has 1 aromatic heterocycles.